The van der Waals surface area contributed by atoms with E-state index in [4.69, 9.17) is 16.3 Å². The lowest BCUT2D eigenvalue weighted by Gasteiger charge is -2.15. The molecule has 0 aliphatic carbocycles. The van der Waals surface area contributed by atoms with Crippen LogP contribution in [0.3, 0.4) is 0 Å². The van der Waals surface area contributed by atoms with Crippen LogP contribution in [0.5, 0.6) is 5.75 Å². The van der Waals surface area contributed by atoms with Crippen molar-refractivity contribution in [1.82, 2.24) is 0 Å². The van der Waals surface area contributed by atoms with E-state index in [-0.39, 0.29) is 0 Å². The Morgan fingerprint density at radius 2 is 1.86 bits per heavy atom. The van der Waals surface area contributed by atoms with Crippen molar-refractivity contribution in [2.24, 2.45) is 5.92 Å². The molecule has 0 heterocycles. The summed E-state index contributed by atoms with van der Waals surface area (Å²) in [6.07, 6.45) is 2.26. The first-order valence-corrected chi connectivity index (χ1v) is 8.03. The average Bonchev–Trinajstić information content (AvgIpc) is 2.54. The van der Waals surface area contributed by atoms with Gasteiger partial charge in [0, 0.05) is 5.39 Å². The molecule has 2 aromatic rings. The molecule has 0 N–H and O–H groups in total. The van der Waals surface area contributed by atoms with Gasteiger partial charge in [0.15, 0.2) is 0 Å². The lowest BCUT2D eigenvalue weighted by molar-refractivity contribution is 0.240. The highest BCUT2D eigenvalue weighted by molar-refractivity contribution is 6.19. The van der Waals surface area contributed by atoms with Gasteiger partial charge in [-0.15, -0.1) is 11.6 Å². The van der Waals surface area contributed by atoms with Crippen molar-refractivity contribution in [3.8, 4) is 17.6 Å². The van der Waals surface area contributed by atoms with E-state index < -0.39 is 0 Å². The molecule has 1 nitrogen and oxygen atoms in total. The van der Waals surface area contributed by atoms with Crippen LogP contribution in [0, 0.1) is 17.8 Å². The molecule has 21 heavy (non-hydrogen) atoms. The number of hydrogen-bond donors (Lipinski definition) is 0. The highest BCUT2D eigenvalue weighted by Crippen LogP contribution is 2.28. The third kappa shape index (κ3) is 3.93. The molecule has 0 amide bonds. The number of benzene rings is 2. The third-order valence-corrected chi connectivity index (χ3v) is 3.93. The third-order valence-electron chi connectivity index (χ3n) is 3.80. The van der Waals surface area contributed by atoms with Gasteiger partial charge < -0.3 is 4.74 Å². The number of halogens is 1. The molecule has 0 aliphatic heterocycles. The molecule has 2 aromatic carbocycles. The summed E-state index contributed by atoms with van der Waals surface area (Å²) in [4.78, 5) is 0. The van der Waals surface area contributed by atoms with Crippen molar-refractivity contribution in [2.75, 3.05) is 12.5 Å². The second kappa shape index (κ2) is 7.96. The molecule has 0 atom stereocenters. The van der Waals surface area contributed by atoms with Crippen molar-refractivity contribution in [3.05, 3.63) is 42.0 Å². The first-order chi connectivity index (χ1) is 10.3. The van der Waals surface area contributed by atoms with Gasteiger partial charge in [0.05, 0.1) is 18.1 Å². The van der Waals surface area contributed by atoms with E-state index in [9.17, 15) is 0 Å². The van der Waals surface area contributed by atoms with E-state index >= 15 is 0 Å². The molecule has 2 rings (SSSR count). The van der Waals surface area contributed by atoms with Gasteiger partial charge in [-0.2, -0.15) is 0 Å². The molecule has 0 spiro atoms. The summed E-state index contributed by atoms with van der Waals surface area (Å²) in [6, 6.07) is 12.3. The molecular formula is C19H21ClO. The summed E-state index contributed by atoms with van der Waals surface area (Å²) >= 11 is 5.71. The van der Waals surface area contributed by atoms with E-state index in [1.807, 2.05) is 18.2 Å². The summed E-state index contributed by atoms with van der Waals surface area (Å²) in [5.74, 6) is 7.88. The smallest absolute Gasteiger partial charge is 0.135 e. The minimum atomic E-state index is 0.329. The molecule has 0 bridgehead atoms. The predicted molar refractivity (Wildman–Crippen MR) is 91.1 cm³/mol. The van der Waals surface area contributed by atoms with Gasteiger partial charge in [0.1, 0.15) is 5.75 Å². The van der Waals surface area contributed by atoms with E-state index in [0.29, 0.717) is 11.8 Å². The average molecular weight is 301 g/mol. The maximum atomic E-state index is 6.04. The monoisotopic (exact) mass is 300 g/mol. The first-order valence-electron chi connectivity index (χ1n) is 7.49. The second-order valence-corrected chi connectivity index (χ2v) is 5.36. The quantitative estimate of drug-likeness (QED) is 0.541. The van der Waals surface area contributed by atoms with Crippen molar-refractivity contribution in [1.29, 1.82) is 0 Å². The zero-order valence-electron chi connectivity index (χ0n) is 12.7. The predicted octanol–water partition coefficient (Wildman–Crippen LogP) is 5.25. The molecule has 0 radical (unpaired) electrons. The molecule has 2 heteroatoms. The fourth-order valence-corrected chi connectivity index (χ4v) is 2.42. The minimum absolute atomic E-state index is 0.329. The fourth-order valence-electron chi connectivity index (χ4n) is 2.35. The lowest BCUT2D eigenvalue weighted by Crippen LogP contribution is -2.10. The SMILES string of the molecule is CCC(CC)COc1ccc2ccccc2c1C#CCCl. The fraction of sp³-hybridized carbons (Fsp3) is 0.368. The normalized spacial score (nSPS) is 10.5. The van der Waals surface area contributed by atoms with Crippen LogP contribution in [-0.2, 0) is 0 Å². The van der Waals surface area contributed by atoms with Gasteiger partial charge in [0.25, 0.3) is 0 Å². The Hall–Kier alpha value is -1.65. The second-order valence-electron chi connectivity index (χ2n) is 5.09. The van der Waals surface area contributed by atoms with Gasteiger partial charge in [-0.25, -0.2) is 0 Å². The van der Waals surface area contributed by atoms with E-state index in [0.717, 1.165) is 36.1 Å². The Bertz CT molecular complexity index is 647. The molecule has 110 valence electrons. The standard InChI is InChI=1S/C19H21ClO/c1-3-15(4-2)14-21-19-12-11-16-8-5-6-9-17(16)18(19)10-7-13-20/h5-6,8-9,11-12,15H,3-4,13-14H2,1-2H3. The molecule has 0 unspecified atom stereocenters. The molecule has 0 aromatic heterocycles. The first kappa shape index (κ1) is 15.7. The summed E-state index contributed by atoms with van der Waals surface area (Å²) in [5, 5.41) is 2.29. The van der Waals surface area contributed by atoms with E-state index in [2.05, 4.69) is 43.9 Å². The van der Waals surface area contributed by atoms with Crippen LogP contribution in [0.15, 0.2) is 36.4 Å². The zero-order valence-corrected chi connectivity index (χ0v) is 13.4. The lowest BCUT2D eigenvalue weighted by atomic mass is 10.0. The van der Waals surface area contributed by atoms with Crippen LogP contribution < -0.4 is 4.74 Å². The Kier molecular flexibility index (Phi) is 5.96. The largest absolute Gasteiger partial charge is 0.492 e. The maximum absolute atomic E-state index is 6.04. The van der Waals surface area contributed by atoms with Gasteiger partial charge >= 0.3 is 0 Å². The highest BCUT2D eigenvalue weighted by atomic mass is 35.5. The Morgan fingerprint density at radius 3 is 2.57 bits per heavy atom. The summed E-state index contributed by atoms with van der Waals surface area (Å²) in [5.41, 5.74) is 0.944. The minimum Gasteiger partial charge on any atom is -0.492 e. The van der Waals surface area contributed by atoms with Gasteiger partial charge in [-0.1, -0.05) is 68.9 Å². The zero-order chi connectivity index (χ0) is 15.1. The molecule has 0 aliphatic rings. The van der Waals surface area contributed by atoms with Crippen molar-refractivity contribution in [3.63, 3.8) is 0 Å². The van der Waals surface area contributed by atoms with Gasteiger partial charge in [-0.05, 0) is 17.4 Å². The maximum Gasteiger partial charge on any atom is 0.135 e. The topological polar surface area (TPSA) is 9.23 Å². The number of alkyl halides is 1. The molecule has 0 fully saturated rings. The van der Waals surface area contributed by atoms with Crippen LogP contribution in [0.1, 0.15) is 32.3 Å². The van der Waals surface area contributed by atoms with Crippen molar-refractivity contribution >= 4 is 22.4 Å². The van der Waals surface area contributed by atoms with Crippen LogP contribution >= 0.6 is 11.6 Å². The van der Waals surface area contributed by atoms with Crippen molar-refractivity contribution in [2.45, 2.75) is 26.7 Å². The van der Waals surface area contributed by atoms with Crippen LogP contribution in [0.25, 0.3) is 10.8 Å². The highest BCUT2D eigenvalue weighted by Gasteiger charge is 2.09. The summed E-state index contributed by atoms with van der Waals surface area (Å²) in [7, 11) is 0. The number of rotatable bonds is 5. The molecule has 0 saturated heterocycles. The summed E-state index contributed by atoms with van der Waals surface area (Å²) < 4.78 is 6.04. The molecule has 0 saturated carbocycles. The van der Waals surface area contributed by atoms with Gasteiger partial charge in [-0.3, -0.25) is 0 Å². The van der Waals surface area contributed by atoms with Crippen LogP contribution in [0.2, 0.25) is 0 Å². The Balaban J connectivity index is 2.38. The van der Waals surface area contributed by atoms with E-state index in [1.165, 1.54) is 5.39 Å². The number of fused-ring (bicyclic) bond motifs is 1. The van der Waals surface area contributed by atoms with Crippen LogP contribution in [0.4, 0.5) is 0 Å². The molecular weight excluding hydrogens is 280 g/mol. The number of hydrogen-bond acceptors (Lipinski definition) is 1. The van der Waals surface area contributed by atoms with Gasteiger partial charge in [0.2, 0.25) is 0 Å². The summed E-state index contributed by atoms with van der Waals surface area (Å²) in [6.45, 7) is 5.14. The van der Waals surface area contributed by atoms with Crippen molar-refractivity contribution < 1.29 is 4.74 Å². The van der Waals surface area contributed by atoms with Crippen LogP contribution in [-0.4, -0.2) is 12.5 Å². The number of ether oxygens (including phenoxy) is 1. The van der Waals surface area contributed by atoms with E-state index in [1.54, 1.807) is 0 Å². The Morgan fingerprint density at radius 1 is 1.10 bits per heavy atom. The Labute approximate surface area is 132 Å².